The summed E-state index contributed by atoms with van der Waals surface area (Å²) in [6, 6.07) is 0. The molecule has 0 aliphatic heterocycles. The van der Waals surface area contributed by atoms with Crippen LogP contribution in [0.4, 0.5) is 0 Å². The van der Waals surface area contributed by atoms with Crippen LogP contribution in [-0.2, 0) is 4.79 Å². The fourth-order valence-electron chi connectivity index (χ4n) is 0.637. The molecule has 0 aromatic rings. The Hall–Kier alpha value is -0.480. The third-order valence-corrected chi connectivity index (χ3v) is 1.65. The molecule has 4 heteroatoms. The van der Waals surface area contributed by atoms with Crippen LogP contribution in [0.25, 0.3) is 0 Å². The molecule has 0 bridgehead atoms. The maximum absolute atomic E-state index is 10.9. The van der Waals surface area contributed by atoms with Crippen molar-refractivity contribution in [3.05, 3.63) is 11.5 Å². The quantitative estimate of drug-likeness (QED) is 0.479. The first kappa shape index (κ1) is 11.5. The molecular formula is C8H15NO2S. The van der Waals surface area contributed by atoms with Crippen LogP contribution in [0.2, 0.25) is 0 Å². The van der Waals surface area contributed by atoms with Crippen LogP contribution in [0, 0.1) is 0 Å². The lowest BCUT2D eigenvalue weighted by molar-refractivity contribution is -0.116. The van der Waals surface area contributed by atoms with E-state index >= 15 is 0 Å². The maximum atomic E-state index is 10.9. The summed E-state index contributed by atoms with van der Waals surface area (Å²) in [5.74, 6) is -0.0673. The summed E-state index contributed by atoms with van der Waals surface area (Å²) in [7, 11) is 0. The predicted octanol–water partition coefficient (Wildman–Crippen LogP) is 0.752. The molecule has 70 valence electrons. The van der Waals surface area contributed by atoms with E-state index in [4.69, 9.17) is 5.11 Å². The van der Waals surface area contributed by atoms with E-state index in [0.717, 1.165) is 12.8 Å². The number of nitrogens with one attached hydrogen (secondary N) is 1. The van der Waals surface area contributed by atoms with Gasteiger partial charge in [0.25, 0.3) is 0 Å². The Labute approximate surface area is 77.2 Å². The summed E-state index contributed by atoms with van der Waals surface area (Å²) in [6.45, 7) is 0.828. The van der Waals surface area contributed by atoms with E-state index in [2.05, 4.69) is 5.32 Å². The molecule has 0 aliphatic rings. The summed E-state index contributed by atoms with van der Waals surface area (Å²) < 4.78 is 0. The number of thioether (sulfide) groups is 1. The van der Waals surface area contributed by atoms with Crippen molar-refractivity contribution >= 4 is 17.7 Å². The first-order valence-corrected chi connectivity index (χ1v) is 5.18. The molecule has 1 amide bonds. The first-order valence-electron chi connectivity index (χ1n) is 3.89. The highest BCUT2D eigenvalue weighted by atomic mass is 32.2. The number of unbranched alkanes of at least 4 members (excludes halogenated alkanes) is 1. The average Bonchev–Trinajstić information content (AvgIpc) is 2.09. The van der Waals surface area contributed by atoms with Gasteiger partial charge in [-0.3, -0.25) is 4.79 Å². The molecule has 0 aromatic carbocycles. The number of carbonyl (C=O) groups excluding carboxylic acids is 1. The third-order valence-electron chi connectivity index (χ3n) is 1.24. The predicted molar refractivity (Wildman–Crippen MR) is 52.0 cm³/mol. The molecule has 0 atom stereocenters. The lowest BCUT2D eigenvalue weighted by Gasteiger charge is -1.99. The second-order valence-corrected chi connectivity index (χ2v) is 3.00. The van der Waals surface area contributed by atoms with Crippen LogP contribution < -0.4 is 5.32 Å². The fourth-order valence-corrected chi connectivity index (χ4v) is 0.897. The molecule has 0 saturated carbocycles. The van der Waals surface area contributed by atoms with Crippen LogP contribution >= 0.6 is 11.8 Å². The number of carbonyl (C=O) groups is 1. The van der Waals surface area contributed by atoms with Gasteiger partial charge in [-0.1, -0.05) is 0 Å². The van der Waals surface area contributed by atoms with E-state index in [1.807, 2.05) is 6.26 Å². The van der Waals surface area contributed by atoms with Gasteiger partial charge in [-0.25, -0.2) is 0 Å². The van der Waals surface area contributed by atoms with Gasteiger partial charge in [0.05, 0.1) is 0 Å². The van der Waals surface area contributed by atoms with Gasteiger partial charge in [0.2, 0.25) is 5.91 Å². The standard InChI is InChI=1S/C8H15NO2S/c1-12-7-4-8(11)9-5-2-3-6-10/h4,7,10H,2-3,5-6H2,1H3,(H,9,11)/b7-4+. The second-order valence-electron chi connectivity index (χ2n) is 2.26. The van der Waals surface area contributed by atoms with E-state index < -0.39 is 0 Å². The Morgan fingerprint density at radius 2 is 2.33 bits per heavy atom. The van der Waals surface area contributed by atoms with E-state index in [1.54, 1.807) is 5.41 Å². The van der Waals surface area contributed by atoms with Gasteiger partial charge in [0, 0.05) is 19.2 Å². The SMILES string of the molecule is CS/C=C/C(=O)NCCCCO. The number of amides is 1. The molecule has 3 nitrogen and oxygen atoms in total. The fraction of sp³-hybridized carbons (Fsp3) is 0.625. The number of rotatable bonds is 6. The average molecular weight is 189 g/mol. The van der Waals surface area contributed by atoms with E-state index in [-0.39, 0.29) is 12.5 Å². The summed E-state index contributed by atoms with van der Waals surface area (Å²) in [5, 5.41) is 12.9. The molecular weight excluding hydrogens is 174 g/mol. The van der Waals surface area contributed by atoms with E-state index in [1.165, 1.54) is 17.8 Å². The molecule has 0 heterocycles. The van der Waals surface area contributed by atoms with Gasteiger partial charge in [-0.2, -0.15) is 0 Å². The highest BCUT2D eigenvalue weighted by molar-refractivity contribution is 8.01. The Balaban J connectivity index is 3.25. The number of hydrogen-bond acceptors (Lipinski definition) is 3. The Bertz CT molecular complexity index is 148. The highest BCUT2D eigenvalue weighted by Crippen LogP contribution is 1.92. The van der Waals surface area contributed by atoms with Crippen molar-refractivity contribution in [1.82, 2.24) is 5.32 Å². The minimum atomic E-state index is -0.0673. The molecule has 0 spiro atoms. The van der Waals surface area contributed by atoms with Gasteiger partial charge in [-0.15, -0.1) is 11.8 Å². The topological polar surface area (TPSA) is 49.3 Å². The number of aliphatic hydroxyl groups excluding tert-OH is 1. The summed E-state index contributed by atoms with van der Waals surface area (Å²) in [4.78, 5) is 10.9. The molecule has 0 aromatic heterocycles. The summed E-state index contributed by atoms with van der Waals surface area (Å²) in [6.07, 6.45) is 4.97. The zero-order valence-corrected chi connectivity index (χ0v) is 8.06. The Morgan fingerprint density at radius 1 is 1.58 bits per heavy atom. The van der Waals surface area contributed by atoms with E-state index in [0.29, 0.717) is 6.54 Å². The minimum absolute atomic E-state index is 0.0673. The van der Waals surface area contributed by atoms with E-state index in [9.17, 15) is 4.79 Å². The van der Waals surface area contributed by atoms with Crippen LogP contribution in [0.5, 0.6) is 0 Å². The first-order chi connectivity index (χ1) is 5.81. The summed E-state index contributed by atoms with van der Waals surface area (Å²) >= 11 is 1.49. The Morgan fingerprint density at radius 3 is 2.92 bits per heavy atom. The molecule has 2 N–H and O–H groups in total. The maximum Gasteiger partial charge on any atom is 0.244 e. The molecule has 0 radical (unpaired) electrons. The van der Waals surface area contributed by atoms with Gasteiger partial charge in [0.15, 0.2) is 0 Å². The van der Waals surface area contributed by atoms with Crippen LogP contribution in [-0.4, -0.2) is 30.4 Å². The zero-order chi connectivity index (χ0) is 9.23. The van der Waals surface area contributed by atoms with Gasteiger partial charge in [0.1, 0.15) is 0 Å². The zero-order valence-electron chi connectivity index (χ0n) is 7.25. The minimum Gasteiger partial charge on any atom is -0.396 e. The van der Waals surface area contributed by atoms with Crippen LogP contribution in [0.3, 0.4) is 0 Å². The molecule has 0 fully saturated rings. The molecule has 0 rings (SSSR count). The Kier molecular flexibility index (Phi) is 8.27. The van der Waals surface area contributed by atoms with Gasteiger partial charge in [-0.05, 0) is 24.5 Å². The summed E-state index contributed by atoms with van der Waals surface area (Å²) in [5.41, 5.74) is 0. The largest absolute Gasteiger partial charge is 0.396 e. The van der Waals surface area contributed by atoms with Crippen LogP contribution in [0.15, 0.2) is 11.5 Å². The number of aliphatic hydroxyl groups is 1. The normalized spacial score (nSPS) is 10.5. The highest BCUT2D eigenvalue weighted by Gasteiger charge is 1.92. The van der Waals surface area contributed by atoms with Crippen molar-refractivity contribution in [2.24, 2.45) is 0 Å². The second kappa shape index (κ2) is 8.62. The van der Waals surface area contributed by atoms with Crippen molar-refractivity contribution in [1.29, 1.82) is 0 Å². The lowest BCUT2D eigenvalue weighted by atomic mass is 10.3. The lowest BCUT2D eigenvalue weighted by Crippen LogP contribution is -2.22. The molecule has 12 heavy (non-hydrogen) atoms. The van der Waals surface area contributed by atoms with Crippen LogP contribution in [0.1, 0.15) is 12.8 Å². The van der Waals surface area contributed by atoms with Gasteiger partial charge < -0.3 is 10.4 Å². The monoisotopic (exact) mass is 189 g/mol. The van der Waals surface area contributed by atoms with Crippen molar-refractivity contribution in [2.75, 3.05) is 19.4 Å². The molecule has 0 aliphatic carbocycles. The smallest absolute Gasteiger partial charge is 0.244 e. The van der Waals surface area contributed by atoms with Crippen molar-refractivity contribution in [2.45, 2.75) is 12.8 Å². The number of hydrogen-bond donors (Lipinski definition) is 2. The van der Waals surface area contributed by atoms with Crippen molar-refractivity contribution in [3.63, 3.8) is 0 Å². The van der Waals surface area contributed by atoms with Crippen molar-refractivity contribution < 1.29 is 9.90 Å². The van der Waals surface area contributed by atoms with Gasteiger partial charge >= 0.3 is 0 Å². The molecule has 0 saturated heterocycles. The third kappa shape index (κ3) is 7.63. The molecule has 0 unspecified atom stereocenters. The van der Waals surface area contributed by atoms with Crippen molar-refractivity contribution in [3.8, 4) is 0 Å².